The van der Waals surface area contributed by atoms with Crippen LogP contribution in [0.5, 0.6) is 0 Å². The first-order valence-electron chi connectivity index (χ1n) is 6.44. The van der Waals surface area contributed by atoms with E-state index in [4.69, 9.17) is 23.2 Å². The fourth-order valence-electron chi connectivity index (χ4n) is 2.11. The van der Waals surface area contributed by atoms with Gasteiger partial charge in [-0.25, -0.2) is 0 Å². The van der Waals surface area contributed by atoms with E-state index in [2.05, 4.69) is 42.8 Å². The maximum absolute atomic E-state index is 6.16. The summed E-state index contributed by atoms with van der Waals surface area (Å²) in [6, 6.07) is 2.25. The van der Waals surface area contributed by atoms with Gasteiger partial charge < -0.3 is 4.90 Å². The van der Waals surface area contributed by atoms with Crippen LogP contribution in [0.25, 0.3) is 0 Å². The highest BCUT2D eigenvalue weighted by molar-refractivity contribution is 6.33. The normalized spacial score (nSPS) is 11.3. The smallest absolute Gasteiger partial charge is 0.175 e. The van der Waals surface area contributed by atoms with E-state index in [0.29, 0.717) is 22.3 Å². The molecule has 0 radical (unpaired) electrons. The molecule has 0 bridgehead atoms. The molecule has 0 unspecified atom stereocenters. The molecule has 1 heterocycles. The molecule has 0 aliphatic carbocycles. The lowest BCUT2D eigenvalue weighted by atomic mass is 10.1. The fraction of sp³-hybridized carbons (Fsp3) is 0.692. The van der Waals surface area contributed by atoms with Gasteiger partial charge in [-0.15, -0.1) is 10.2 Å². The first-order chi connectivity index (χ1) is 8.49. The van der Waals surface area contributed by atoms with Gasteiger partial charge in [-0.1, -0.05) is 50.9 Å². The van der Waals surface area contributed by atoms with E-state index >= 15 is 0 Å². The van der Waals surface area contributed by atoms with Crippen molar-refractivity contribution in [1.82, 2.24) is 10.2 Å². The topological polar surface area (TPSA) is 29.0 Å². The lowest BCUT2D eigenvalue weighted by Gasteiger charge is -2.34. The fourth-order valence-corrected chi connectivity index (χ4v) is 2.45. The molecule has 0 spiro atoms. The van der Waals surface area contributed by atoms with Gasteiger partial charge in [0.2, 0.25) is 0 Å². The van der Waals surface area contributed by atoms with E-state index in [1.165, 1.54) is 0 Å². The number of nitrogens with zero attached hydrogens (tertiary/aromatic N) is 3. The molecule has 0 aromatic carbocycles. The minimum atomic E-state index is 0.383. The van der Waals surface area contributed by atoms with Crippen molar-refractivity contribution in [2.24, 2.45) is 5.92 Å². The molecule has 0 fully saturated rings. The van der Waals surface area contributed by atoms with Gasteiger partial charge in [-0.3, -0.25) is 0 Å². The molecule has 0 N–H and O–H groups in total. The average Bonchev–Trinajstić information content (AvgIpc) is 2.32. The van der Waals surface area contributed by atoms with Gasteiger partial charge in [-0.05, 0) is 18.8 Å². The molecule has 102 valence electrons. The predicted octanol–water partition coefficient (Wildman–Crippen LogP) is 4.43. The molecular weight excluding hydrogens is 269 g/mol. The summed E-state index contributed by atoms with van der Waals surface area (Å²) in [5.74, 6) is 0.550. The van der Waals surface area contributed by atoms with Crippen molar-refractivity contribution in [3.8, 4) is 0 Å². The summed E-state index contributed by atoms with van der Waals surface area (Å²) < 4.78 is 0. The largest absolute Gasteiger partial charge is 0.366 e. The van der Waals surface area contributed by atoms with Gasteiger partial charge in [0, 0.05) is 18.7 Å². The molecule has 0 saturated carbocycles. The minimum absolute atomic E-state index is 0.383. The molecule has 1 rings (SSSR count). The van der Waals surface area contributed by atoms with Crippen LogP contribution in [0.2, 0.25) is 10.3 Å². The second kappa shape index (κ2) is 7.15. The quantitative estimate of drug-likeness (QED) is 0.775. The Morgan fingerprint density at radius 1 is 1.17 bits per heavy atom. The lowest BCUT2D eigenvalue weighted by molar-refractivity contribution is 0.507. The monoisotopic (exact) mass is 289 g/mol. The van der Waals surface area contributed by atoms with Crippen molar-refractivity contribution in [1.29, 1.82) is 0 Å². The van der Waals surface area contributed by atoms with E-state index in [-0.39, 0.29) is 0 Å². The number of hydrogen-bond acceptors (Lipinski definition) is 3. The van der Waals surface area contributed by atoms with Crippen LogP contribution < -0.4 is 4.90 Å². The summed E-state index contributed by atoms with van der Waals surface area (Å²) in [6.45, 7) is 9.70. The molecular formula is C13H21Cl2N3. The number of rotatable bonds is 6. The van der Waals surface area contributed by atoms with Crippen molar-refractivity contribution in [3.05, 3.63) is 16.4 Å². The van der Waals surface area contributed by atoms with Gasteiger partial charge in [0.15, 0.2) is 10.3 Å². The highest BCUT2D eigenvalue weighted by Crippen LogP contribution is 2.29. The molecule has 0 aliphatic rings. The maximum atomic E-state index is 6.16. The van der Waals surface area contributed by atoms with Crippen LogP contribution in [0.3, 0.4) is 0 Å². The summed E-state index contributed by atoms with van der Waals surface area (Å²) in [7, 11) is 0. The molecule has 0 atom stereocenters. The van der Waals surface area contributed by atoms with Crippen LogP contribution in [-0.2, 0) is 0 Å². The first kappa shape index (κ1) is 15.5. The van der Waals surface area contributed by atoms with Crippen LogP contribution in [0.1, 0.15) is 40.5 Å². The second-order valence-electron chi connectivity index (χ2n) is 4.86. The highest BCUT2D eigenvalue weighted by Gasteiger charge is 2.20. The number of anilines is 1. The van der Waals surface area contributed by atoms with Crippen LogP contribution in [0, 0.1) is 5.92 Å². The number of halogens is 2. The summed E-state index contributed by atoms with van der Waals surface area (Å²) in [6.07, 6.45) is 2.14. The Morgan fingerprint density at radius 2 is 1.78 bits per heavy atom. The van der Waals surface area contributed by atoms with E-state index in [9.17, 15) is 0 Å². The first-order valence-corrected chi connectivity index (χ1v) is 7.20. The van der Waals surface area contributed by atoms with Crippen LogP contribution in [-0.4, -0.2) is 22.8 Å². The number of aromatic nitrogens is 2. The van der Waals surface area contributed by atoms with E-state index in [1.54, 1.807) is 6.07 Å². The van der Waals surface area contributed by atoms with Crippen molar-refractivity contribution in [3.63, 3.8) is 0 Å². The Hall–Kier alpha value is -0.540. The van der Waals surface area contributed by atoms with Gasteiger partial charge in [-0.2, -0.15) is 0 Å². The summed E-state index contributed by atoms with van der Waals surface area (Å²) >= 11 is 12.1. The highest BCUT2D eigenvalue weighted by atomic mass is 35.5. The van der Waals surface area contributed by atoms with E-state index in [1.807, 2.05) is 0 Å². The zero-order valence-corrected chi connectivity index (χ0v) is 13.0. The molecule has 0 aliphatic heterocycles. The SMILES string of the molecule is CCC(CC)N(CC(C)C)c1cc(Cl)nnc1Cl. The van der Waals surface area contributed by atoms with Crippen LogP contribution in [0.15, 0.2) is 6.07 Å². The summed E-state index contributed by atoms with van der Waals surface area (Å²) in [5, 5.41) is 8.47. The number of hydrogen-bond donors (Lipinski definition) is 0. The molecule has 18 heavy (non-hydrogen) atoms. The Bertz CT molecular complexity index is 378. The van der Waals surface area contributed by atoms with Gasteiger partial charge in [0.05, 0.1) is 5.69 Å². The molecule has 0 amide bonds. The third-order valence-electron chi connectivity index (χ3n) is 2.96. The Balaban J connectivity index is 3.11. The Labute approximate surface area is 119 Å². The van der Waals surface area contributed by atoms with Crippen molar-refractivity contribution in [2.45, 2.75) is 46.6 Å². The third-order valence-corrected chi connectivity index (χ3v) is 3.41. The average molecular weight is 290 g/mol. The van der Waals surface area contributed by atoms with Gasteiger partial charge >= 0.3 is 0 Å². The van der Waals surface area contributed by atoms with Gasteiger partial charge in [0.1, 0.15) is 0 Å². The molecule has 3 nitrogen and oxygen atoms in total. The minimum Gasteiger partial charge on any atom is -0.366 e. The zero-order chi connectivity index (χ0) is 13.7. The maximum Gasteiger partial charge on any atom is 0.175 e. The van der Waals surface area contributed by atoms with Crippen molar-refractivity contribution < 1.29 is 0 Å². The second-order valence-corrected chi connectivity index (χ2v) is 5.60. The molecule has 0 saturated heterocycles. The Morgan fingerprint density at radius 3 is 2.28 bits per heavy atom. The molecule has 5 heteroatoms. The zero-order valence-electron chi connectivity index (χ0n) is 11.5. The lowest BCUT2D eigenvalue weighted by Crippen LogP contribution is -2.37. The van der Waals surface area contributed by atoms with Crippen molar-refractivity contribution in [2.75, 3.05) is 11.4 Å². The van der Waals surface area contributed by atoms with E-state index < -0.39 is 0 Å². The predicted molar refractivity (Wildman–Crippen MR) is 78.6 cm³/mol. The molecule has 1 aromatic rings. The van der Waals surface area contributed by atoms with Crippen LogP contribution in [0.4, 0.5) is 5.69 Å². The van der Waals surface area contributed by atoms with Gasteiger partial charge in [0.25, 0.3) is 0 Å². The third kappa shape index (κ3) is 3.99. The van der Waals surface area contributed by atoms with E-state index in [0.717, 1.165) is 25.1 Å². The van der Waals surface area contributed by atoms with Crippen molar-refractivity contribution >= 4 is 28.9 Å². The summed E-state index contributed by atoms with van der Waals surface area (Å²) in [4.78, 5) is 2.30. The standard InChI is InChI=1S/C13H21Cl2N3/c1-5-10(6-2)18(8-9(3)4)11-7-12(14)16-17-13(11)15/h7,9-10H,5-6,8H2,1-4H3. The van der Waals surface area contributed by atoms with Crippen LogP contribution >= 0.6 is 23.2 Å². The molecule has 1 aromatic heterocycles. The Kier molecular flexibility index (Phi) is 6.16. The summed E-state index contributed by atoms with van der Waals surface area (Å²) in [5.41, 5.74) is 0.888.